The van der Waals surface area contributed by atoms with Gasteiger partial charge in [-0.05, 0) is 37.6 Å². The third-order valence-corrected chi connectivity index (χ3v) is 4.21. The van der Waals surface area contributed by atoms with Gasteiger partial charge in [0.15, 0.2) is 0 Å². The van der Waals surface area contributed by atoms with Gasteiger partial charge in [0.25, 0.3) is 0 Å². The lowest BCUT2D eigenvalue weighted by Gasteiger charge is -2.21. The van der Waals surface area contributed by atoms with E-state index in [1.54, 1.807) is 24.3 Å². The first-order valence-electron chi connectivity index (χ1n) is 8.04. The van der Waals surface area contributed by atoms with Gasteiger partial charge in [0.1, 0.15) is 11.9 Å². The van der Waals surface area contributed by atoms with Crippen LogP contribution in [0.2, 0.25) is 0 Å². The van der Waals surface area contributed by atoms with Crippen molar-refractivity contribution in [1.82, 2.24) is 0 Å². The summed E-state index contributed by atoms with van der Waals surface area (Å²) < 4.78 is 5.53. The predicted molar refractivity (Wildman–Crippen MR) is 96.9 cm³/mol. The third-order valence-electron chi connectivity index (χ3n) is 4.21. The lowest BCUT2D eigenvalue weighted by atomic mass is 10.0. The number of rotatable bonds is 5. The molecule has 0 atom stereocenters. The molecule has 0 unspecified atom stereocenters. The van der Waals surface area contributed by atoms with Crippen molar-refractivity contribution in [2.75, 3.05) is 18.0 Å². The van der Waals surface area contributed by atoms with E-state index in [1.807, 2.05) is 24.3 Å². The molecule has 0 bridgehead atoms. The van der Waals surface area contributed by atoms with Crippen LogP contribution in [0, 0.1) is 0 Å². The minimum atomic E-state index is -0.377. The van der Waals surface area contributed by atoms with Crippen molar-refractivity contribution in [3.05, 3.63) is 64.5 Å². The van der Waals surface area contributed by atoms with Crippen LogP contribution >= 0.6 is 0 Å². The molecule has 0 aliphatic rings. The van der Waals surface area contributed by atoms with E-state index in [0.717, 1.165) is 36.0 Å². The average Bonchev–Trinajstić information content (AvgIpc) is 2.62. The molecule has 122 valence electrons. The molecule has 0 aliphatic carbocycles. The third kappa shape index (κ3) is 2.95. The zero-order chi connectivity index (χ0) is 17.1. The Kier molecular flexibility index (Phi) is 4.47. The Morgan fingerprint density at radius 2 is 1.71 bits per heavy atom. The lowest BCUT2D eigenvalue weighted by molar-refractivity contribution is 0.112. The summed E-state index contributed by atoms with van der Waals surface area (Å²) in [5.74, 6) is 0. The summed E-state index contributed by atoms with van der Waals surface area (Å²) in [6.07, 6.45) is 0.779. The largest absolute Gasteiger partial charge is 0.422 e. The molecule has 4 heteroatoms. The summed E-state index contributed by atoms with van der Waals surface area (Å²) in [6.45, 7) is 5.98. The maximum atomic E-state index is 12.4. The summed E-state index contributed by atoms with van der Waals surface area (Å²) in [5.41, 5.74) is 3.06. The first-order valence-corrected chi connectivity index (χ1v) is 8.04. The van der Waals surface area contributed by atoms with Crippen molar-refractivity contribution in [2.24, 2.45) is 0 Å². The van der Waals surface area contributed by atoms with Gasteiger partial charge in [-0.15, -0.1) is 0 Å². The van der Waals surface area contributed by atoms with E-state index >= 15 is 0 Å². The van der Waals surface area contributed by atoms with Crippen molar-refractivity contribution >= 4 is 22.9 Å². The standard InChI is InChI=1S/C20H19NO3/c1-3-21(4-2)17-10-9-16-11-18(20(23)24-19(16)12-17)15-7-5-14(13-22)6-8-15/h5-13H,3-4H2,1-2H3. The highest BCUT2D eigenvalue weighted by molar-refractivity contribution is 5.85. The molecular weight excluding hydrogens is 302 g/mol. The smallest absolute Gasteiger partial charge is 0.344 e. The van der Waals surface area contributed by atoms with Gasteiger partial charge in [-0.1, -0.05) is 24.3 Å². The fraction of sp³-hybridized carbons (Fsp3) is 0.200. The first kappa shape index (κ1) is 16.0. The normalized spacial score (nSPS) is 10.8. The highest BCUT2D eigenvalue weighted by Gasteiger charge is 2.10. The van der Waals surface area contributed by atoms with Crippen molar-refractivity contribution < 1.29 is 9.21 Å². The van der Waals surface area contributed by atoms with Crippen molar-refractivity contribution in [2.45, 2.75) is 13.8 Å². The molecule has 3 aromatic rings. The monoisotopic (exact) mass is 321 g/mol. The van der Waals surface area contributed by atoms with E-state index in [1.165, 1.54) is 0 Å². The molecule has 4 nitrogen and oxygen atoms in total. The van der Waals surface area contributed by atoms with Gasteiger partial charge in [0.2, 0.25) is 0 Å². The molecule has 0 saturated heterocycles. The molecule has 1 heterocycles. The second-order valence-electron chi connectivity index (χ2n) is 5.58. The zero-order valence-electron chi connectivity index (χ0n) is 13.8. The van der Waals surface area contributed by atoms with Crippen LogP contribution in [0.3, 0.4) is 0 Å². The van der Waals surface area contributed by atoms with Crippen LogP contribution in [0.25, 0.3) is 22.1 Å². The van der Waals surface area contributed by atoms with Gasteiger partial charge in [-0.2, -0.15) is 0 Å². The second kappa shape index (κ2) is 6.71. The summed E-state index contributed by atoms with van der Waals surface area (Å²) >= 11 is 0. The van der Waals surface area contributed by atoms with Crippen LogP contribution < -0.4 is 10.5 Å². The quantitative estimate of drug-likeness (QED) is 0.524. The summed E-state index contributed by atoms with van der Waals surface area (Å²) in [7, 11) is 0. The number of aldehydes is 1. The van der Waals surface area contributed by atoms with Crippen LogP contribution in [0.15, 0.2) is 57.7 Å². The van der Waals surface area contributed by atoms with E-state index < -0.39 is 0 Å². The molecular formula is C20H19NO3. The van der Waals surface area contributed by atoms with Gasteiger partial charge in [0.05, 0.1) is 5.56 Å². The van der Waals surface area contributed by atoms with Crippen LogP contribution in [0.4, 0.5) is 5.69 Å². The van der Waals surface area contributed by atoms with Gasteiger partial charge < -0.3 is 9.32 Å². The Balaban J connectivity index is 2.08. The van der Waals surface area contributed by atoms with Crippen LogP contribution in [-0.4, -0.2) is 19.4 Å². The van der Waals surface area contributed by atoms with Crippen LogP contribution in [-0.2, 0) is 0 Å². The SMILES string of the molecule is CCN(CC)c1ccc2cc(-c3ccc(C=O)cc3)c(=O)oc2c1. The number of carbonyl (C=O) groups excluding carboxylic acids is 1. The van der Waals surface area contributed by atoms with E-state index in [0.29, 0.717) is 16.7 Å². The summed E-state index contributed by atoms with van der Waals surface area (Å²) in [6, 6.07) is 14.6. The summed E-state index contributed by atoms with van der Waals surface area (Å²) in [4.78, 5) is 25.3. The molecule has 0 saturated carbocycles. The fourth-order valence-electron chi connectivity index (χ4n) is 2.83. The average molecular weight is 321 g/mol. The summed E-state index contributed by atoms with van der Waals surface area (Å²) in [5, 5.41) is 0.875. The first-order chi connectivity index (χ1) is 11.7. The topological polar surface area (TPSA) is 50.5 Å². The van der Waals surface area contributed by atoms with Crippen LogP contribution in [0.1, 0.15) is 24.2 Å². The Morgan fingerprint density at radius 3 is 2.33 bits per heavy atom. The highest BCUT2D eigenvalue weighted by atomic mass is 16.4. The molecule has 2 aromatic carbocycles. The fourth-order valence-corrected chi connectivity index (χ4v) is 2.83. The molecule has 0 aliphatic heterocycles. The van der Waals surface area contributed by atoms with Gasteiger partial charge >= 0.3 is 5.63 Å². The number of anilines is 1. The molecule has 0 amide bonds. The number of carbonyl (C=O) groups is 1. The van der Waals surface area contributed by atoms with E-state index in [4.69, 9.17) is 4.42 Å². The van der Waals surface area contributed by atoms with E-state index in [9.17, 15) is 9.59 Å². The lowest BCUT2D eigenvalue weighted by Crippen LogP contribution is -2.21. The highest BCUT2D eigenvalue weighted by Crippen LogP contribution is 2.25. The van der Waals surface area contributed by atoms with Gasteiger partial charge in [-0.3, -0.25) is 4.79 Å². The molecule has 0 N–H and O–H groups in total. The van der Waals surface area contributed by atoms with Gasteiger partial charge in [-0.25, -0.2) is 4.79 Å². The maximum absolute atomic E-state index is 12.4. The minimum absolute atomic E-state index is 0.377. The van der Waals surface area contributed by atoms with Gasteiger partial charge in [0, 0.05) is 35.8 Å². The number of benzene rings is 2. The Morgan fingerprint density at radius 1 is 1.00 bits per heavy atom. The van der Waals surface area contributed by atoms with Crippen molar-refractivity contribution in [3.8, 4) is 11.1 Å². The Labute approximate surface area is 140 Å². The van der Waals surface area contributed by atoms with E-state index in [2.05, 4.69) is 18.7 Å². The van der Waals surface area contributed by atoms with Crippen LogP contribution in [0.5, 0.6) is 0 Å². The molecule has 1 aromatic heterocycles. The minimum Gasteiger partial charge on any atom is -0.422 e. The van der Waals surface area contributed by atoms with Crippen molar-refractivity contribution in [3.63, 3.8) is 0 Å². The maximum Gasteiger partial charge on any atom is 0.344 e. The van der Waals surface area contributed by atoms with E-state index in [-0.39, 0.29) is 5.63 Å². The molecule has 0 spiro atoms. The number of fused-ring (bicyclic) bond motifs is 1. The number of hydrogen-bond donors (Lipinski definition) is 0. The number of hydrogen-bond acceptors (Lipinski definition) is 4. The molecule has 24 heavy (non-hydrogen) atoms. The van der Waals surface area contributed by atoms with Crippen molar-refractivity contribution in [1.29, 1.82) is 0 Å². The molecule has 0 fully saturated rings. The second-order valence-corrected chi connectivity index (χ2v) is 5.58. The number of nitrogens with zero attached hydrogens (tertiary/aromatic N) is 1. The predicted octanol–water partition coefficient (Wildman–Crippen LogP) is 4.12. The Bertz CT molecular complexity index is 922. The molecule has 3 rings (SSSR count). The Hall–Kier alpha value is -2.88. The molecule has 0 radical (unpaired) electrons. The zero-order valence-corrected chi connectivity index (χ0v) is 13.8.